The normalized spacial score (nSPS) is 15.4. The van der Waals surface area contributed by atoms with E-state index in [1.54, 1.807) is 29.2 Å². The number of hydrogen-bond donors (Lipinski definition) is 0. The highest BCUT2D eigenvalue weighted by Gasteiger charge is 2.34. The lowest BCUT2D eigenvalue weighted by Crippen LogP contribution is -2.48. The monoisotopic (exact) mass is 473 g/mol. The van der Waals surface area contributed by atoms with Crippen LogP contribution in [0.15, 0.2) is 71.8 Å². The lowest BCUT2D eigenvalue weighted by Gasteiger charge is -2.40. The molecular formula is C26H27N5O2S. The number of aromatic nitrogens is 3. The van der Waals surface area contributed by atoms with Gasteiger partial charge in [-0.2, -0.15) is 16.4 Å². The van der Waals surface area contributed by atoms with Gasteiger partial charge in [-0.05, 0) is 48.3 Å². The van der Waals surface area contributed by atoms with Gasteiger partial charge >= 0.3 is 0 Å². The fourth-order valence-electron chi connectivity index (χ4n) is 4.85. The van der Waals surface area contributed by atoms with Crippen LogP contribution in [-0.2, 0) is 6.42 Å². The van der Waals surface area contributed by atoms with Crippen molar-refractivity contribution >= 4 is 28.8 Å². The third kappa shape index (κ3) is 4.46. The van der Waals surface area contributed by atoms with Gasteiger partial charge in [0.05, 0.1) is 11.8 Å². The molecule has 0 spiro atoms. The van der Waals surface area contributed by atoms with E-state index in [0.29, 0.717) is 30.2 Å². The van der Waals surface area contributed by atoms with Gasteiger partial charge in [-0.15, -0.1) is 0 Å². The third-order valence-electron chi connectivity index (χ3n) is 6.75. The Labute approximate surface area is 202 Å². The maximum Gasteiger partial charge on any atom is 0.259 e. The highest BCUT2D eigenvalue weighted by atomic mass is 32.1. The molecule has 3 aromatic heterocycles. The topological polar surface area (TPSA) is 70.8 Å². The number of carbonyl (C=O) groups is 2. The van der Waals surface area contributed by atoms with Crippen molar-refractivity contribution in [2.75, 3.05) is 20.1 Å². The van der Waals surface area contributed by atoms with E-state index in [0.717, 1.165) is 24.8 Å². The first-order valence-corrected chi connectivity index (χ1v) is 12.5. The van der Waals surface area contributed by atoms with Crippen LogP contribution in [0.4, 0.5) is 0 Å². The van der Waals surface area contributed by atoms with E-state index >= 15 is 0 Å². The number of likely N-dealkylation sites (tertiary alicyclic amines) is 1. The Morgan fingerprint density at radius 1 is 1.15 bits per heavy atom. The summed E-state index contributed by atoms with van der Waals surface area (Å²) in [4.78, 5) is 34.5. The van der Waals surface area contributed by atoms with Crippen LogP contribution in [0.5, 0.6) is 0 Å². The number of piperidine rings is 1. The second-order valence-electron chi connectivity index (χ2n) is 8.76. The first-order valence-electron chi connectivity index (χ1n) is 11.5. The SMILES string of the molecule is CN(C(=O)c1ccsc1)[C@@H](Cc1ccccc1)C1CCN(C(=O)c2cnn3cccnc23)CC1. The quantitative estimate of drug-likeness (QED) is 0.424. The van der Waals surface area contributed by atoms with Crippen molar-refractivity contribution in [3.8, 4) is 0 Å². The average molecular weight is 474 g/mol. The average Bonchev–Trinajstić information content (AvgIpc) is 3.57. The molecule has 174 valence electrons. The Bertz CT molecular complexity index is 1260. The summed E-state index contributed by atoms with van der Waals surface area (Å²) in [6.07, 6.45) is 7.55. The molecule has 1 aliphatic rings. The fraction of sp³-hybridized carbons (Fsp3) is 0.308. The van der Waals surface area contributed by atoms with Crippen LogP contribution in [0.2, 0.25) is 0 Å². The minimum Gasteiger partial charge on any atom is -0.338 e. The van der Waals surface area contributed by atoms with E-state index in [4.69, 9.17) is 0 Å². The van der Waals surface area contributed by atoms with Crippen LogP contribution in [-0.4, -0.2) is 62.4 Å². The molecule has 2 amide bonds. The molecule has 4 heterocycles. The largest absolute Gasteiger partial charge is 0.338 e. The molecule has 1 aromatic carbocycles. The fourth-order valence-corrected chi connectivity index (χ4v) is 5.48. The van der Waals surface area contributed by atoms with Crippen molar-refractivity contribution in [1.82, 2.24) is 24.4 Å². The van der Waals surface area contributed by atoms with E-state index < -0.39 is 0 Å². The molecule has 34 heavy (non-hydrogen) atoms. The molecule has 8 heteroatoms. The molecule has 1 saturated heterocycles. The maximum atomic E-state index is 13.2. The lowest BCUT2D eigenvalue weighted by molar-refractivity contribution is 0.0523. The zero-order valence-electron chi connectivity index (χ0n) is 19.1. The Morgan fingerprint density at radius 3 is 2.68 bits per heavy atom. The van der Waals surface area contributed by atoms with Crippen LogP contribution in [0.25, 0.3) is 5.65 Å². The maximum absolute atomic E-state index is 13.2. The predicted octanol–water partition coefficient (Wildman–Crippen LogP) is 4.03. The summed E-state index contributed by atoms with van der Waals surface area (Å²) in [5.74, 6) is 0.325. The molecule has 5 rings (SSSR count). The minimum absolute atomic E-state index is 0.0329. The van der Waals surface area contributed by atoms with Crippen molar-refractivity contribution in [3.63, 3.8) is 0 Å². The molecule has 0 N–H and O–H groups in total. The highest BCUT2D eigenvalue weighted by molar-refractivity contribution is 7.08. The van der Waals surface area contributed by atoms with Gasteiger partial charge in [0.2, 0.25) is 0 Å². The summed E-state index contributed by atoms with van der Waals surface area (Å²) >= 11 is 1.54. The zero-order valence-corrected chi connectivity index (χ0v) is 19.9. The van der Waals surface area contributed by atoms with E-state index in [9.17, 15) is 9.59 Å². The van der Waals surface area contributed by atoms with Crippen LogP contribution >= 0.6 is 11.3 Å². The minimum atomic E-state index is -0.0329. The van der Waals surface area contributed by atoms with Gasteiger partial charge < -0.3 is 9.80 Å². The Balaban J connectivity index is 1.32. The summed E-state index contributed by atoms with van der Waals surface area (Å²) in [5.41, 5.74) is 3.06. The number of rotatable bonds is 6. The number of nitrogens with zero attached hydrogens (tertiary/aromatic N) is 5. The molecule has 0 unspecified atom stereocenters. The van der Waals surface area contributed by atoms with Gasteiger partial charge in [-0.1, -0.05) is 30.3 Å². The van der Waals surface area contributed by atoms with Gasteiger partial charge in [0.1, 0.15) is 5.56 Å². The number of thiophene rings is 1. The molecule has 0 saturated carbocycles. The first kappa shape index (κ1) is 22.3. The molecule has 1 aliphatic heterocycles. The first-order chi connectivity index (χ1) is 16.6. The van der Waals surface area contributed by atoms with Gasteiger partial charge in [0, 0.05) is 44.0 Å². The summed E-state index contributed by atoms with van der Waals surface area (Å²) in [6, 6.07) is 14.1. The van der Waals surface area contributed by atoms with Crippen LogP contribution in [0.3, 0.4) is 0 Å². The molecule has 1 fully saturated rings. The molecule has 0 aliphatic carbocycles. The van der Waals surface area contributed by atoms with E-state index in [2.05, 4.69) is 22.2 Å². The number of hydrogen-bond acceptors (Lipinski definition) is 5. The molecular weight excluding hydrogens is 446 g/mol. The zero-order chi connectivity index (χ0) is 23.5. The van der Waals surface area contributed by atoms with Crippen LogP contribution < -0.4 is 0 Å². The molecule has 7 nitrogen and oxygen atoms in total. The van der Waals surface area contributed by atoms with Crippen molar-refractivity contribution in [3.05, 3.63) is 88.5 Å². The van der Waals surface area contributed by atoms with Crippen molar-refractivity contribution < 1.29 is 9.59 Å². The van der Waals surface area contributed by atoms with Gasteiger partial charge in [-0.25, -0.2) is 9.50 Å². The molecule has 0 bridgehead atoms. The van der Waals surface area contributed by atoms with Crippen LogP contribution in [0.1, 0.15) is 39.1 Å². The Morgan fingerprint density at radius 2 is 1.94 bits per heavy atom. The standard InChI is InChI=1S/C26H27N5O2S/c1-29(25(32)21-10-15-34-18-21)23(16-19-6-3-2-4-7-19)20-8-13-30(14-9-20)26(33)22-17-28-31-12-5-11-27-24(22)31/h2-7,10-12,15,17-18,20,23H,8-9,13-14,16H2,1H3/t23-/m0/s1. The number of likely N-dealkylation sites (N-methyl/N-ethyl adjacent to an activating group) is 1. The third-order valence-corrected chi connectivity index (χ3v) is 7.44. The number of carbonyl (C=O) groups excluding carboxylic acids is 2. The summed E-state index contributed by atoms with van der Waals surface area (Å²) < 4.78 is 1.63. The van der Waals surface area contributed by atoms with Crippen molar-refractivity contribution in [2.24, 2.45) is 5.92 Å². The van der Waals surface area contributed by atoms with Crippen molar-refractivity contribution in [1.29, 1.82) is 0 Å². The lowest BCUT2D eigenvalue weighted by atomic mass is 9.84. The summed E-state index contributed by atoms with van der Waals surface area (Å²) in [7, 11) is 1.91. The van der Waals surface area contributed by atoms with Crippen molar-refractivity contribution in [2.45, 2.75) is 25.3 Å². The Hall–Kier alpha value is -3.52. The van der Waals surface area contributed by atoms with E-state index in [1.165, 1.54) is 16.9 Å². The molecule has 4 aromatic rings. The van der Waals surface area contributed by atoms with E-state index in [1.807, 2.05) is 51.9 Å². The highest BCUT2D eigenvalue weighted by Crippen LogP contribution is 2.28. The van der Waals surface area contributed by atoms with Crippen LogP contribution in [0, 0.1) is 5.92 Å². The number of amides is 2. The molecule has 0 radical (unpaired) electrons. The second kappa shape index (κ2) is 9.77. The van der Waals surface area contributed by atoms with Gasteiger partial charge in [0.25, 0.3) is 11.8 Å². The predicted molar refractivity (Wildman–Crippen MR) is 132 cm³/mol. The van der Waals surface area contributed by atoms with E-state index in [-0.39, 0.29) is 17.9 Å². The number of benzene rings is 1. The molecule has 1 atom stereocenters. The second-order valence-corrected chi connectivity index (χ2v) is 9.54. The smallest absolute Gasteiger partial charge is 0.259 e. The summed E-state index contributed by atoms with van der Waals surface area (Å²) in [6.45, 7) is 1.30. The van der Waals surface area contributed by atoms with Gasteiger partial charge in [0.15, 0.2) is 5.65 Å². The van der Waals surface area contributed by atoms with Gasteiger partial charge in [-0.3, -0.25) is 9.59 Å². The Kier molecular flexibility index (Phi) is 6.40. The summed E-state index contributed by atoms with van der Waals surface area (Å²) in [5, 5.41) is 8.10. The number of fused-ring (bicyclic) bond motifs is 1.